The van der Waals surface area contributed by atoms with Gasteiger partial charge in [-0.3, -0.25) is 4.79 Å². The van der Waals surface area contributed by atoms with Gasteiger partial charge in [0, 0.05) is 0 Å². The first kappa shape index (κ1) is 6.52. The minimum atomic E-state index is -1.10. The Morgan fingerprint density at radius 3 is 2.44 bits per heavy atom. The molecule has 0 radical (unpaired) electrons. The second kappa shape index (κ2) is 1.69. The monoisotopic (exact) mass is 132 g/mol. The summed E-state index contributed by atoms with van der Waals surface area (Å²) in [6, 6.07) is 0. The lowest BCUT2D eigenvalue weighted by Gasteiger charge is -2.02. The van der Waals surface area contributed by atoms with Crippen LogP contribution in [0.15, 0.2) is 0 Å². The van der Waals surface area contributed by atoms with E-state index >= 15 is 0 Å². The highest BCUT2D eigenvalue weighted by Crippen LogP contribution is 2.51. The molecular weight excluding hydrogens is 123 g/mol. The van der Waals surface area contributed by atoms with Gasteiger partial charge >= 0.3 is 5.97 Å². The third-order valence-corrected chi connectivity index (χ3v) is 2.04. The summed E-state index contributed by atoms with van der Waals surface area (Å²) in [7, 11) is 0. The number of aliphatic carboxylic acids is 1. The fourth-order valence-corrected chi connectivity index (χ4v) is 0.999. The Morgan fingerprint density at radius 1 is 2.00 bits per heavy atom. The normalized spacial score (nSPS) is 40.4. The molecule has 2 nitrogen and oxygen atoms in total. The smallest absolute Gasteiger partial charge is 0.312 e. The predicted octanol–water partition coefficient (Wildman–Crippen LogP) is 1.21. The lowest BCUT2D eigenvalue weighted by molar-refractivity contribution is -0.144. The van der Waals surface area contributed by atoms with Crippen LogP contribution in [0.3, 0.4) is 0 Å². The van der Waals surface area contributed by atoms with Gasteiger partial charge in [-0.25, -0.2) is 4.39 Å². The van der Waals surface area contributed by atoms with Gasteiger partial charge in [0.05, 0.1) is 0 Å². The maximum absolute atomic E-state index is 12.3. The Morgan fingerprint density at radius 2 is 2.44 bits per heavy atom. The highest BCUT2D eigenvalue weighted by Gasteiger charge is 2.60. The summed E-state index contributed by atoms with van der Waals surface area (Å²) in [5.74, 6) is -0.988. The van der Waals surface area contributed by atoms with E-state index in [9.17, 15) is 9.18 Å². The maximum Gasteiger partial charge on any atom is 0.312 e. The van der Waals surface area contributed by atoms with Gasteiger partial charge in [0.2, 0.25) is 0 Å². The van der Waals surface area contributed by atoms with Gasteiger partial charge in [0.1, 0.15) is 11.6 Å². The van der Waals surface area contributed by atoms with Crippen LogP contribution in [-0.2, 0) is 4.79 Å². The van der Waals surface area contributed by atoms with Crippen molar-refractivity contribution in [1.82, 2.24) is 0 Å². The summed E-state index contributed by atoms with van der Waals surface area (Å²) in [4.78, 5) is 10.3. The molecule has 1 aliphatic carbocycles. The molecule has 0 spiro atoms. The van der Waals surface area contributed by atoms with E-state index in [1.54, 1.807) is 6.92 Å². The van der Waals surface area contributed by atoms with Crippen molar-refractivity contribution in [1.29, 1.82) is 0 Å². The minimum Gasteiger partial charge on any atom is -0.481 e. The first-order chi connectivity index (χ1) is 4.13. The number of carboxylic acid groups (broad SMARTS) is 1. The molecule has 0 aromatic carbocycles. The van der Waals surface area contributed by atoms with E-state index in [4.69, 9.17) is 5.11 Å². The Balaban J connectivity index is 2.62. The third kappa shape index (κ3) is 0.713. The molecule has 52 valence electrons. The summed E-state index contributed by atoms with van der Waals surface area (Å²) in [6.45, 7) is 1.70. The minimum absolute atomic E-state index is 0.207. The SMILES string of the molecule is CC[C@]1(C(=O)O)C[C@H]1F. The molecule has 1 rings (SSSR count). The second-order valence-electron chi connectivity index (χ2n) is 2.49. The van der Waals surface area contributed by atoms with E-state index in [2.05, 4.69) is 0 Å². The lowest BCUT2D eigenvalue weighted by Crippen LogP contribution is -2.16. The second-order valence-corrected chi connectivity index (χ2v) is 2.49. The molecule has 0 saturated heterocycles. The van der Waals surface area contributed by atoms with Crippen LogP contribution >= 0.6 is 0 Å². The van der Waals surface area contributed by atoms with Crippen LogP contribution in [0.25, 0.3) is 0 Å². The van der Waals surface area contributed by atoms with Crippen molar-refractivity contribution in [2.24, 2.45) is 5.41 Å². The molecule has 2 atom stereocenters. The van der Waals surface area contributed by atoms with Crippen LogP contribution in [-0.4, -0.2) is 17.2 Å². The highest BCUT2D eigenvalue weighted by atomic mass is 19.1. The van der Waals surface area contributed by atoms with Crippen molar-refractivity contribution in [3.05, 3.63) is 0 Å². The van der Waals surface area contributed by atoms with Gasteiger partial charge < -0.3 is 5.11 Å². The van der Waals surface area contributed by atoms with E-state index < -0.39 is 17.6 Å². The number of rotatable bonds is 2. The maximum atomic E-state index is 12.3. The molecule has 0 amide bonds. The Labute approximate surface area is 52.7 Å². The highest BCUT2D eigenvalue weighted by molar-refractivity contribution is 5.79. The van der Waals surface area contributed by atoms with Crippen LogP contribution < -0.4 is 0 Å². The summed E-state index contributed by atoms with van der Waals surface area (Å²) in [6.07, 6.45) is -0.484. The Bertz CT molecular complexity index is 142. The molecule has 3 heteroatoms. The molecule has 0 aliphatic heterocycles. The third-order valence-electron chi connectivity index (χ3n) is 2.04. The summed E-state index contributed by atoms with van der Waals surface area (Å²) < 4.78 is 12.3. The van der Waals surface area contributed by atoms with Crippen molar-refractivity contribution < 1.29 is 14.3 Å². The predicted molar refractivity (Wildman–Crippen MR) is 29.9 cm³/mol. The molecule has 1 N–H and O–H groups in total. The number of hydrogen-bond acceptors (Lipinski definition) is 1. The number of hydrogen-bond donors (Lipinski definition) is 1. The Kier molecular flexibility index (Phi) is 1.22. The standard InChI is InChI=1S/C6H9FO2/c1-2-6(5(8)9)3-4(6)7/h4H,2-3H2,1H3,(H,8,9)/t4-,6+/m1/s1. The van der Waals surface area contributed by atoms with Crippen molar-refractivity contribution >= 4 is 5.97 Å². The molecule has 0 heterocycles. The van der Waals surface area contributed by atoms with Crippen molar-refractivity contribution in [3.63, 3.8) is 0 Å². The molecule has 0 aromatic rings. The van der Waals surface area contributed by atoms with Crippen LogP contribution in [0.5, 0.6) is 0 Å². The molecule has 1 aliphatic rings. The van der Waals surface area contributed by atoms with Gasteiger partial charge in [-0.15, -0.1) is 0 Å². The fourth-order valence-electron chi connectivity index (χ4n) is 0.999. The summed E-state index contributed by atoms with van der Waals surface area (Å²) >= 11 is 0. The summed E-state index contributed by atoms with van der Waals surface area (Å²) in [5, 5.41) is 8.43. The van der Waals surface area contributed by atoms with Crippen molar-refractivity contribution in [2.45, 2.75) is 25.9 Å². The van der Waals surface area contributed by atoms with E-state index in [-0.39, 0.29) is 6.42 Å². The van der Waals surface area contributed by atoms with Gasteiger partial charge in [-0.05, 0) is 12.8 Å². The molecular formula is C6H9FO2. The zero-order chi connectivity index (χ0) is 7.07. The van der Waals surface area contributed by atoms with Gasteiger partial charge in [-0.1, -0.05) is 6.92 Å². The van der Waals surface area contributed by atoms with E-state index in [1.807, 2.05) is 0 Å². The van der Waals surface area contributed by atoms with E-state index in [0.717, 1.165) is 0 Å². The molecule has 9 heavy (non-hydrogen) atoms. The fraction of sp³-hybridized carbons (Fsp3) is 0.833. The lowest BCUT2D eigenvalue weighted by atomic mass is 10.0. The zero-order valence-corrected chi connectivity index (χ0v) is 5.22. The van der Waals surface area contributed by atoms with Crippen LogP contribution in [0, 0.1) is 5.41 Å². The van der Waals surface area contributed by atoms with Crippen LogP contribution in [0.1, 0.15) is 19.8 Å². The quantitative estimate of drug-likeness (QED) is 0.613. The van der Waals surface area contributed by atoms with Crippen molar-refractivity contribution in [2.75, 3.05) is 0 Å². The number of carboxylic acids is 1. The number of alkyl halides is 1. The van der Waals surface area contributed by atoms with Gasteiger partial charge in [-0.2, -0.15) is 0 Å². The first-order valence-electron chi connectivity index (χ1n) is 3.01. The average Bonchev–Trinajstić information content (AvgIpc) is 2.43. The Hall–Kier alpha value is -0.600. The molecule has 0 aromatic heterocycles. The van der Waals surface area contributed by atoms with E-state index in [1.165, 1.54) is 0 Å². The van der Waals surface area contributed by atoms with Crippen molar-refractivity contribution in [3.8, 4) is 0 Å². The average molecular weight is 132 g/mol. The molecule has 1 saturated carbocycles. The molecule has 1 fully saturated rings. The molecule has 0 unspecified atom stereocenters. The number of carbonyl (C=O) groups is 1. The van der Waals surface area contributed by atoms with E-state index in [0.29, 0.717) is 6.42 Å². The number of halogens is 1. The van der Waals surface area contributed by atoms with Crippen LogP contribution in [0.2, 0.25) is 0 Å². The first-order valence-corrected chi connectivity index (χ1v) is 3.01. The topological polar surface area (TPSA) is 37.3 Å². The van der Waals surface area contributed by atoms with Gasteiger partial charge in [0.15, 0.2) is 0 Å². The molecule has 0 bridgehead atoms. The zero-order valence-electron chi connectivity index (χ0n) is 5.22. The largest absolute Gasteiger partial charge is 0.481 e. The van der Waals surface area contributed by atoms with Gasteiger partial charge in [0.25, 0.3) is 0 Å². The van der Waals surface area contributed by atoms with Crippen LogP contribution in [0.4, 0.5) is 4.39 Å². The summed E-state index contributed by atoms with van der Waals surface area (Å²) in [5.41, 5.74) is -1.00.